The summed E-state index contributed by atoms with van der Waals surface area (Å²) in [6, 6.07) is 8.42. The van der Waals surface area contributed by atoms with Crippen molar-refractivity contribution in [2.75, 3.05) is 19.6 Å². The number of likely N-dealkylation sites (tertiary alicyclic amines) is 1. The first-order chi connectivity index (χ1) is 10.7. The molecule has 0 aromatic heterocycles. The van der Waals surface area contributed by atoms with E-state index in [1.54, 1.807) is 0 Å². The summed E-state index contributed by atoms with van der Waals surface area (Å²) < 4.78 is 0. The number of hydrogen-bond acceptors (Lipinski definition) is 3. The number of hydrogen-bond donors (Lipinski definition) is 2. The van der Waals surface area contributed by atoms with Crippen LogP contribution >= 0.6 is 24.8 Å². The number of carbonyl (C=O) groups is 1. The first-order valence-electron chi connectivity index (χ1n) is 8.47. The van der Waals surface area contributed by atoms with Crippen LogP contribution in [-0.4, -0.2) is 30.4 Å². The van der Waals surface area contributed by atoms with Crippen molar-refractivity contribution in [1.82, 2.24) is 10.2 Å². The molecule has 2 rings (SSSR count). The molecule has 1 aliphatic rings. The van der Waals surface area contributed by atoms with Gasteiger partial charge in [-0.3, -0.25) is 9.69 Å². The van der Waals surface area contributed by atoms with Gasteiger partial charge in [-0.05, 0) is 37.1 Å². The number of nitrogens with one attached hydrogen (secondary N) is 1. The molecule has 1 aromatic carbocycles. The monoisotopic (exact) mass is 375 g/mol. The Bertz CT molecular complexity index is 477. The minimum absolute atomic E-state index is 0. The zero-order valence-electron chi connectivity index (χ0n) is 14.5. The predicted octanol–water partition coefficient (Wildman–Crippen LogP) is 3.12. The summed E-state index contributed by atoms with van der Waals surface area (Å²) in [6.07, 6.45) is 5.30. The van der Waals surface area contributed by atoms with Gasteiger partial charge in [0.2, 0.25) is 5.91 Å². The van der Waals surface area contributed by atoms with Gasteiger partial charge in [0.05, 0.1) is 0 Å². The second kappa shape index (κ2) is 12.5. The Kier molecular flexibility index (Phi) is 12.1. The van der Waals surface area contributed by atoms with Gasteiger partial charge in [-0.25, -0.2) is 0 Å². The molecule has 1 unspecified atom stereocenters. The van der Waals surface area contributed by atoms with E-state index < -0.39 is 0 Å². The van der Waals surface area contributed by atoms with Gasteiger partial charge in [-0.2, -0.15) is 0 Å². The second-order valence-corrected chi connectivity index (χ2v) is 6.31. The van der Waals surface area contributed by atoms with Crippen molar-refractivity contribution >= 4 is 30.7 Å². The molecule has 1 aromatic rings. The standard InChI is InChI=1S/C18H29N3O.2ClH/c1-15(12-19)18(22)20-13-16-8-4-5-9-17(16)14-21-10-6-2-3-7-11-21;;/h4-5,8-9,15H,2-3,6-7,10-14,19H2,1H3,(H,20,22);2*1H. The highest BCUT2D eigenvalue weighted by molar-refractivity contribution is 5.85. The third-order valence-electron chi connectivity index (χ3n) is 4.47. The lowest BCUT2D eigenvalue weighted by atomic mass is 10.1. The van der Waals surface area contributed by atoms with Gasteiger partial charge in [-0.15, -0.1) is 24.8 Å². The fraction of sp³-hybridized carbons (Fsp3) is 0.611. The molecular formula is C18H31Cl2N3O. The average molecular weight is 376 g/mol. The molecule has 1 saturated heterocycles. The Morgan fingerprint density at radius 2 is 1.71 bits per heavy atom. The molecule has 1 aliphatic heterocycles. The molecule has 4 nitrogen and oxygen atoms in total. The maximum absolute atomic E-state index is 11.9. The highest BCUT2D eigenvalue weighted by atomic mass is 35.5. The Labute approximate surface area is 158 Å². The van der Waals surface area contributed by atoms with Gasteiger partial charge < -0.3 is 11.1 Å². The van der Waals surface area contributed by atoms with Crippen molar-refractivity contribution in [1.29, 1.82) is 0 Å². The van der Waals surface area contributed by atoms with Crippen LogP contribution in [-0.2, 0) is 17.9 Å². The molecule has 138 valence electrons. The highest BCUT2D eigenvalue weighted by Crippen LogP contribution is 2.16. The minimum Gasteiger partial charge on any atom is -0.352 e. The van der Waals surface area contributed by atoms with Crippen molar-refractivity contribution < 1.29 is 4.79 Å². The van der Waals surface area contributed by atoms with Crippen LogP contribution in [0.2, 0.25) is 0 Å². The summed E-state index contributed by atoms with van der Waals surface area (Å²) in [7, 11) is 0. The Hall–Kier alpha value is -0.810. The number of nitrogens with two attached hydrogens (primary N) is 1. The first-order valence-corrected chi connectivity index (χ1v) is 8.47. The van der Waals surface area contributed by atoms with Crippen LogP contribution in [0.4, 0.5) is 0 Å². The number of halogens is 2. The van der Waals surface area contributed by atoms with Crippen molar-refractivity contribution in [2.24, 2.45) is 11.7 Å². The molecule has 0 spiro atoms. The number of carbonyl (C=O) groups excluding carboxylic acids is 1. The van der Waals surface area contributed by atoms with E-state index >= 15 is 0 Å². The van der Waals surface area contributed by atoms with Crippen LogP contribution in [0.1, 0.15) is 43.7 Å². The number of rotatable bonds is 6. The van der Waals surface area contributed by atoms with Gasteiger partial charge in [0, 0.05) is 25.6 Å². The van der Waals surface area contributed by atoms with Crippen molar-refractivity contribution in [2.45, 2.75) is 45.7 Å². The summed E-state index contributed by atoms with van der Waals surface area (Å²) in [5, 5.41) is 3.00. The molecule has 1 heterocycles. The number of benzene rings is 1. The van der Waals surface area contributed by atoms with Crippen LogP contribution in [0.5, 0.6) is 0 Å². The van der Waals surface area contributed by atoms with E-state index in [9.17, 15) is 4.79 Å². The molecule has 0 saturated carbocycles. The van der Waals surface area contributed by atoms with E-state index in [0.717, 1.165) is 6.54 Å². The molecule has 0 radical (unpaired) electrons. The van der Waals surface area contributed by atoms with Crippen LogP contribution in [0.25, 0.3) is 0 Å². The maximum Gasteiger partial charge on any atom is 0.224 e. The van der Waals surface area contributed by atoms with Crippen molar-refractivity contribution in [3.8, 4) is 0 Å². The Morgan fingerprint density at radius 1 is 1.12 bits per heavy atom. The molecular weight excluding hydrogens is 345 g/mol. The normalized spacial score (nSPS) is 16.2. The minimum atomic E-state index is -0.127. The van der Waals surface area contributed by atoms with Gasteiger partial charge in [0.1, 0.15) is 0 Å². The predicted molar refractivity (Wildman–Crippen MR) is 105 cm³/mol. The Balaban J connectivity index is 0.00000264. The SMILES string of the molecule is CC(CN)C(=O)NCc1ccccc1CN1CCCCCC1.Cl.Cl. The van der Waals surface area contributed by atoms with E-state index in [0.29, 0.717) is 13.1 Å². The summed E-state index contributed by atoms with van der Waals surface area (Å²) in [5.74, 6) is -0.0927. The fourth-order valence-corrected chi connectivity index (χ4v) is 2.88. The Morgan fingerprint density at radius 3 is 2.29 bits per heavy atom. The molecule has 6 heteroatoms. The third-order valence-corrected chi connectivity index (χ3v) is 4.47. The zero-order chi connectivity index (χ0) is 15.8. The summed E-state index contributed by atoms with van der Waals surface area (Å²) in [5.41, 5.74) is 8.08. The van der Waals surface area contributed by atoms with Gasteiger partial charge in [0.15, 0.2) is 0 Å². The maximum atomic E-state index is 11.9. The number of amides is 1. The lowest BCUT2D eigenvalue weighted by Crippen LogP contribution is -2.33. The molecule has 1 fully saturated rings. The zero-order valence-corrected chi connectivity index (χ0v) is 16.1. The van der Waals surface area contributed by atoms with E-state index in [-0.39, 0.29) is 36.6 Å². The van der Waals surface area contributed by atoms with Gasteiger partial charge in [-0.1, -0.05) is 44.0 Å². The molecule has 1 amide bonds. The smallest absolute Gasteiger partial charge is 0.224 e. The molecule has 3 N–H and O–H groups in total. The van der Waals surface area contributed by atoms with Gasteiger partial charge in [0.25, 0.3) is 0 Å². The highest BCUT2D eigenvalue weighted by Gasteiger charge is 2.13. The first kappa shape index (κ1) is 23.2. The van der Waals surface area contributed by atoms with Crippen LogP contribution < -0.4 is 11.1 Å². The summed E-state index contributed by atoms with van der Waals surface area (Å²) in [4.78, 5) is 14.4. The van der Waals surface area contributed by atoms with Crippen LogP contribution in [0.15, 0.2) is 24.3 Å². The number of nitrogens with zero attached hydrogens (tertiary/aromatic N) is 1. The van der Waals surface area contributed by atoms with Crippen molar-refractivity contribution in [3.05, 3.63) is 35.4 Å². The topological polar surface area (TPSA) is 58.4 Å². The largest absolute Gasteiger partial charge is 0.352 e. The molecule has 0 aliphatic carbocycles. The molecule has 1 atom stereocenters. The lowest BCUT2D eigenvalue weighted by molar-refractivity contribution is -0.124. The fourth-order valence-electron chi connectivity index (χ4n) is 2.88. The van der Waals surface area contributed by atoms with Crippen LogP contribution in [0, 0.1) is 5.92 Å². The molecule has 24 heavy (non-hydrogen) atoms. The average Bonchev–Trinajstić information content (AvgIpc) is 2.81. The van der Waals surface area contributed by atoms with E-state index in [1.165, 1.54) is 49.9 Å². The third kappa shape index (κ3) is 7.39. The van der Waals surface area contributed by atoms with Crippen LogP contribution in [0.3, 0.4) is 0 Å². The lowest BCUT2D eigenvalue weighted by Gasteiger charge is -2.22. The van der Waals surface area contributed by atoms with Crippen molar-refractivity contribution in [3.63, 3.8) is 0 Å². The van der Waals surface area contributed by atoms with Gasteiger partial charge >= 0.3 is 0 Å². The van der Waals surface area contributed by atoms with E-state index in [4.69, 9.17) is 5.73 Å². The summed E-state index contributed by atoms with van der Waals surface area (Å²) >= 11 is 0. The van der Waals surface area contributed by atoms with E-state index in [2.05, 4.69) is 28.4 Å². The summed E-state index contributed by atoms with van der Waals surface area (Å²) in [6.45, 7) is 6.20. The second-order valence-electron chi connectivity index (χ2n) is 6.31. The quantitative estimate of drug-likeness (QED) is 0.802. The van der Waals surface area contributed by atoms with E-state index in [1.807, 2.05) is 13.0 Å². The molecule has 0 bridgehead atoms.